The summed E-state index contributed by atoms with van der Waals surface area (Å²) in [5.41, 5.74) is 8.54. The lowest BCUT2D eigenvalue weighted by atomic mass is 10.2. The SMILES string of the molecule is CN(Cc1ccc(N)cc1)C(=O)Nc1ccc(C#N)cc1. The second-order valence-electron chi connectivity index (χ2n) is 4.72. The quantitative estimate of drug-likeness (QED) is 0.848. The van der Waals surface area contributed by atoms with Gasteiger partial charge in [0.05, 0.1) is 11.6 Å². The van der Waals surface area contributed by atoms with Gasteiger partial charge in [0.1, 0.15) is 0 Å². The van der Waals surface area contributed by atoms with Gasteiger partial charge in [-0.25, -0.2) is 4.79 Å². The first-order valence-electron chi connectivity index (χ1n) is 6.45. The van der Waals surface area contributed by atoms with Crippen molar-refractivity contribution < 1.29 is 4.79 Å². The van der Waals surface area contributed by atoms with E-state index in [4.69, 9.17) is 11.0 Å². The van der Waals surface area contributed by atoms with E-state index >= 15 is 0 Å². The van der Waals surface area contributed by atoms with E-state index in [-0.39, 0.29) is 6.03 Å². The minimum absolute atomic E-state index is 0.212. The summed E-state index contributed by atoms with van der Waals surface area (Å²) >= 11 is 0. The van der Waals surface area contributed by atoms with Crippen molar-refractivity contribution in [2.75, 3.05) is 18.1 Å². The van der Waals surface area contributed by atoms with E-state index in [0.29, 0.717) is 23.5 Å². The summed E-state index contributed by atoms with van der Waals surface area (Å²) in [6.07, 6.45) is 0. The highest BCUT2D eigenvalue weighted by molar-refractivity contribution is 5.89. The van der Waals surface area contributed by atoms with Crippen LogP contribution in [0.4, 0.5) is 16.2 Å². The molecule has 0 radical (unpaired) electrons. The van der Waals surface area contributed by atoms with Gasteiger partial charge >= 0.3 is 6.03 Å². The first kappa shape index (κ1) is 14.4. The van der Waals surface area contributed by atoms with Gasteiger partial charge < -0.3 is 16.0 Å². The molecule has 0 spiro atoms. The lowest BCUT2D eigenvalue weighted by molar-refractivity contribution is 0.220. The normalized spacial score (nSPS) is 9.71. The van der Waals surface area contributed by atoms with E-state index < -0.39 is 0 Å². The van der Waals surface area contributed by atoms with Gasteiger partial charge in [0.15, 0.2) is 0 Å². The van der Waals surface area contributed by atoms with Crippen molar-refractivity contribution in [1.82, 2.24) is 4.90 Å². The Morgan fingerprint density at radius 2 is 1.81 bits per heavy atom. The fourth-order valence-electron chi connectivity index (χ4n) is 1.82. The number of nitrogens with one attached hydrogen (secondary N) is 1. The molecule has 3 N–H and O–H groups in total. The zero-order valence-electron chi connectivity index (χ0n) is 11.7. The summed E-state index contributed by atoms with van der Waals surface area (Å²) in [7, 11) is 1.72. The molecule has 0 aliphatic rings. The molecule has 0 saturated heterocycles. The van der Waals surface area contributed by atoms with Crippen molar-refractivity contribution in [2.45, 2.75) is 6.54 Å². The molecular weight excluding hydrogens is 264 g/mol. The van der Waals surface area contributed by atoms with Crippen LogP contribution in [0.15, 0.2) is 48.5 Å². The van der Waals surface area contributed by atoms with Crippen LogP contribution in [0.25, 0.3) is 0 Å². The number of anilines is 2. The van der Waals surface area contributed by atoms with Crippen LogP contribution < -0.4 is 11.1 Å². The maximum Gasteiger partial charge on any atom is 0.321 e. The molecule has 0 fully saturated rings. The van der Waals surface area contributed by atoms with Crippen LogP contribution in [0.3, 0.4) is 0 Å². The predicted molar refractivity (Wildman–Crippen MR) is 82.5 cm³/mol. The molecule has 0 aliphatic carbocycles. The number of benzene rings is 2. The summed E-state index contributed by atoms with van der Waals surface area (Å²) in [5, 5.41) is 11.5. The fraction of sp³-hybridized carbons (Fsp3) is 0.125. The van der Waals surface area contributed by atoms with Crippen molar-refractivity contribution in [1.29, 1.82) is 5.26 Å². The molecule has 0 heterocycles. The van der Waals surface area contributed by atoms with Crippen LogP contribution in [0.1, 0.15) is 11.1 Å². The Balaban J connectivity index is 1.95. The number of amides is 2. The van der Waals surface area contributed by atoms with E-state index in [1.165, 1.54) is 0 Å². The van der Waals surface area contributed by atoms with E-state index in [1.807, 2.05) is 30.3 Å². The second kappa shape index (κ2) is 6.44. The Labute approximate surface area is 123 Å². The van der Waals surface area contributed by atoms with Gasteiger partial charge in [0.25, 0.3) is 0 Å². The summed E-state index contributed by atoms with van der Waals surface area (Å²) in [6, 6.07) is 15.9. The topological polar surface area (TPSA) is 82.2 Å². The van der Waals surface area contributed by atoms with Crippen molar-refractivity contribution in [3.63, 3.8) is 0 Å². The number of nitrogens with zero attached hydrogens (tertiary/aromatic N) is 2. The number of nitrogen functional groups attached to an aromatic ring is 1. The molecule has 0 unspecified atom stereocenters. The Morgan fingerprint density at radius 3 is 2.38 bits per heavy atom. The number of nitrogens with two attached hydrogens (primary N) is 1. The number of urea groups is 1. The van der Waals surface area contributed by atoms with Crippen molar-refractivity contribution >= 4 is 17.4 Å². The van der Waals surface area contributed by atoms with Crippen LogP contribution >= 0.6 is 0 Å². The third-order valence-corrected chi connectivity index (χ3v) is 3.01. The molecular formula is C16H16N4O. The molecule has 2 aromatic rings. The van der Waals surface area contributed by atoms with Gasteiger partial charge in [0, 0.05) is 25.0 Å². The average molecular weight is 280 g/mol. The highest BCUT2D eigenvalue weighted by Gasteiger charge is 2.09. The molecule has 106 valence electrons. The first-order valence-corrected chi connectivity index (χ1v) is 6.45. The van der Waals surface area contributed by atoms with Gasteiger partial charge in [-0.1, -0.05) is 12.1 Å². The molecule has 0 aromatic heterocycles. The minimum Gasteiger partial charge on any atom is -0.399 e. The van der Waals surface area contributed by atoms with Crippen molar-refractivity contribution in [2.24, 2.45) is 0 Å². The van der Waals surface area contributed by atoms with E-state index in [2.05, 4.69) is 5.32 Å². The standard InChI is InChI=1S/C16H16N4O/c1-20(11-13-2-6-14(18)7-3-13)16(21)19-15-8-4-12(10-17)5-9-15/h2-9H,11,18H2,1H3,(H,19,21). The third kappa shape index (κ3) is 3.98. The molecule has 5 nitrogen and oxygen atoms in total. The van der Waals surface area contributed by atoms with Crippen LogP contribution in [-0.4, -0.2) is 18.0 Å². The third-order valence-electron chi connectivity index (χ3n) is 3.01. The largest absolute Gasteiger partial charge is 0.399 e. The van der Waals surface area contributed by atoms with Crippen LogP contribution in [-0.2, 0) is 6.54 Å². The van der Waals surface area contributed by atoms with Crippen molar-refractivity contribution in [3.05, 3.63) is 59.7 Å². The zero-order valence-corrected chi connectivity index (χ0v) is 11.7. The molecule has 0 atom stereocenters. The average Bonchev–Trinajstić information content (AvgIpc) is 2.50. The Kier molecular flexibility index (Phi) is 4.42. The number of hydrogen-bond acceptors (Lipinski definition) is 3. The maximum atomic E-state index is 12.1. The number of carbonyl (C=O) groups excluding carboxylic acids is 1. The molecule has 2 rings (SSSR count). The predicted octanol–water partition coefficient (Wildman–Crippen LogP) is 2.80. The zero-order chi connectivity index (χ0) is 15.2. The van der Waals surface area contributed by atoms with Gasteiger partial charge in [-0.3, -0.25) is 0 Å². The first-order chi connectivity index (χ1) is 10.1. The molecule has 21 heavy (non-hydrogen) atoms. The van der Waals surface area contributed by atoms with Gasteiger partial charge in [-0.05, 0) is 42.0 Å². The summed E-state index contributed by atoms with van der Waals surface area (Å²) in [4.78, 5) is 13.6. The van der Waals surface area contributed by atoms with E-state index in [9.17, 15) is 4.79 Å². The Hall–Kier alpha value is -3.00. The summed E-state index contributed by atoms with van der Waals surface area (Å²) < 4.78 is 0. The number of rotatable bonds is 3. The van der Waals surface area contributed by atoms with Gasteiger partial charge in [-0.15, -0.1) is 0 Å². The highest BCUT2D eigenvalue weighted by Crippen LogP contribution is 2.11. The molecule has 0 bridgehead atoms. The van der Waals surface area contributed by atoms with E-state index in [1.54, 1.807) is 36.2 Å². The summed E-state index contributed by atoms with van der Waals surface area (Å²) in [6.45, 7) is 0.488. The number of hydrogen-bond donors (Lipinski definition) is 2. The molecule has 2 aromatic carbocycles. The van der Waals surface area contributed by atoms with Crippen molar-refractivity contribution in [3.8, 4) is 6.07 Å². The lowest BCUT2D eigenvalue weighted by Crippen LogP contribution is -2.30. The lowest BCUT2D eigenvalue weighted by Gasteiger charge is -2.18. The Morgan fingerprint density at radius 1 is 1.19 bits per heavy atom. The fourth-order valence-corrected chi connectivity index (χ4v) is 1.82. The second-order valence-corrected chi connectivity index (χ2v) is 4.72. The minimum atomic E-state index is -0.212. The summed E-state index contributed by atoms with van der Waals surface area (Å²) in [5.74, 6) is 0. The molecule has 0 saturated carbocycles. The smallest absolute Gasteiger partial charge is 0.321 e. The monoisotopic (exact) mass is 280 g/mol. The molecule has 0 aliphatic heterocycles. The van der Waals surface area contributed by atoms with Crippen LogP contribution in [0.2, 0.25) is 0 Å². The van der Waals surface area contributed by atoms with E-state index in [0.717, 1.165) is 5.56 Å². The highest BCUT2D eigenvalue weighted by atomic mass is 16.2. The van der Waals surface area contributed by atoms with Gasteiger partial charge in [-0.2, -0.15) is 5.26 Å². The Bertz CT molecular complexity index is 656. The number of nitriles is 1. The van der Waals surface area contributed by atoms with Gasteiger partial charge in [0.2, 0.25) is 0 Å². The van der Waals surface area contributed by atoms with Crippen LogP contribution in [0.5, 0.6) is 0 Å². The maximum absolute atomic E-state index is 12.1. The number of carbonyl (C=O) groups is 1. The molecule has 5 heteroatoms. The molecule has 2 amide bonds. The van der Waals surface area contributed by atoms with Crippen LogP contribution in [0, 0.1) is 11.3 Å².